The average molecular weight is 640 g/mol. The fourth-order valence-electron chi connectivity index (χ4n) is 5.16. The Hall–Kier alpha value is -3.99. The third kappa shape index (κ3) is 15.0. The summed E-state index contributed by atoms with van der Waals surface area (Å²) >= 11 is 0. The van der Waals surface area contributed by atoms with Gasteiger partial charge in [-0.05, 0) is 37.9 Å². The number of aryl methyl sites for hydroxylation is 1. The molecular formula is C29H45N5O11. The Morgan fingerprint density at radius 2 is 1.07 bits per heavy atom. The first kappa shape index (κ1) is 37.2. The Labute approximate surface area is 262 Å². The Kier molecular flexibility index (Phi) is 16.0. The van der Waals surface area contributed by atoms with Crippen molar-refractivity contribution in [2.45, 2.75) is 19.8 Å². The van der Waals surface area contributed by atoms with E-state index in [-0.39, 0.29) is 26.2 Å². The van der Waals surface area contributed by atoms with Crippen molar-refractivity contribution in [3.63, 3.8) is 0 Å². The molecule has 45 heavy (non-hydrogen) atoms. The molecule has 2 rings (SSSR count). The fourth-order valence-corrected chi connectivity index (χ4v) is 5.16. The third-order valence-electron chi connectivity index (χ3n) is 7.30. The molecule has 0 saturated carbocycles. The van der Waals surface area contributed by atoms with E-state index in [2.05, 4.69) is 4.90 Å². The standard InChI is InChI=1S/C29H45N5O11/c1-22-5-4-6-23(29(22)34(20-27(41)42)21-28(43)44)45-16-3-2-7-30-8-10-31(17-24(35)36)12-14-33(19-26(39)40)15-13-32(11-9-30)18-25(37)38/h4-6H,2-3,7-21H2,1H3,(H,35,36)(H,37,38)(H,39,40)(H,41,42)(H,43,44). The molecule has 1 saturated heterocycles. The van der Waals surface area contributed by atoms with Gasteiger partial charge in [-0.3, -0.25) is 38.7 Å². The number of aliphatic carboxylic acids is 5. The summed E-state index contributed by atoms with van der Waals surface area (Å²) in [6, 6.07) is 5.17. The lowest BCUT2D eigenvalue weighted by Gasteiger charge is -2.33. The summed E-state index contributed by atoms with van der Waals surface area (Å²) in [4.78, 5) is 65.7. The number of carboxylic acid groups (broad SMARTS) is 5. The van der Waals surface area contributed by atoms with Gasteiger partial charge in [0.1, 0.15) is 18.8 Å². The zero-order valence-electron chi connectivity index (χ0n) is 25.7. The molecular weight excluding hydrogens is 594 g/mol. The van der Waals surface area contributed by atoms with Gasteiger partial charge in [0, 0.05) is 52.4 Å². The van der Waals surface area contributed by atoms with Gasteiger partial charge in [-0.2, -0.15) is 0 Å². The average Bonchev–Trinajstić information content (AvgIpc) is 2.92. The van der Waals surface area contributed by atoms with Crippen molar-refractivity contribution in [2.75, 3.05) is 103 Å². The van der Waals surface area contributed by atoms with Crippen molar-refractivity contribution < 1.29 is 54.2 Å². The summed E-state index contributed by atoms with van der Waals surface area (Å²) < 4.78 is 5.98. The van der Waals surface area contributed by atoms with Gasteiger partial charge in [0.2, 0.25) is 0 Å². The van der Waals surface area contributed by atoms with E-state index < -0.39 is 42.9 Å². The van der Waals surface area contributed by atoms with Gasteiger partial charge in [-0.1, -0.05) is 12.1 Å². The number of unbranched alkanes of at least 4 members (excludes halogenated alkanes) is 1. The monoisotopic (exact) mass is 639 g/mol. The fraction of sp³-hybridized carbons (Fsp3) is 0.621. The van der Waals surface area contributed by atoms with Crippen molar-refractivity contribution in [1.82, 2.24) is 19.6 Å². The Morgan fingerprint density at radius 3 is 1.47 bits per heavy atom. The number of ether oxygens (including phenoxy) is 1. The molecule has 1 aromatic rings. The van der Waals surface area contributed by atoms with Crippen LogP contribution in [0.1, 0.15) is 18.4 Å². The number of hydrogen-bond donors (Lipinski definition) is 5. The van der Waals surface area contributed by atoms with Crippen LogP contribution in [0.2, 0.25) is 0 Å². The van der Waals surface area contributed by atoms with Gasteiger partial charge >= 0.3 is 29.8 Å². The number of carboxylic acids is 5. The predicted octanol–water partition coefficient (Wildman–Crippen LogP) is -0.395. The molecule has 0 aromatic heterocycles. The van der Waals surface area contributed by atoms with E-state index >= 15 is 0 Å². The van der Waals surface area contributed by atoms with Crippen molar-refractivity contribution in [3.05, 3.63) is 23.8 Å². The van der Waals surface area contributed by atoms with E-state index in [1.807, 2.05) is 0 Å². The highest BCUT2D eigenvalue weighted by Crippen LogP contribution is 2.32. The highest BCUT2D eigenvalue weighted by atomic mass is 16.5. The highest BCUT2D eigenvalue weighted by Gasteiger charge is 2.22. The summed E-state index contributed by atoms with van der Waals surface area (Å²) in [6.07, 6.45) is 1.31. The van der Waals surface area contributed by atoms with Gasteiger partial charge in [-0.25, -0.2) is 0 Å². The maximum absolute atomic E-state index is 11.5. The Balaban J connectivity index is 2.06. The van der Waals surface area contributed by atoms with Crippen molar-refractivity contribution in [2.24, 2.45) is 0 Å². The lowest BCUT2D eigenvalue weighted by molar-refractivity contribution is -0.140. The van der Waals surface area contributed by atoms with Crippen LogP contribution in [0.15, 0.2) is 18.2 Å². The minimum atomic E-state index is -1.17. The molecule has 16 heteroatoms. The quantitative estimate of drug-likeness (QED) is 0.137. The first-order valence-corrected chi connectivity index (χ1v) is 14.8. The van der Waals surface area contributed by atoms with Crippen LogP contribution in [0.25, 0.3) is 0 Å². The normalized spacial score (nSPS) is 16.3. The lowest BCUT2D eigenvalue weighted by Crippen LogP contribution is -2.48. The summed E-state index contributed by atoms with van der Waals surface area (Å²) in [7, 11) is 0. The molecule has 0 bridgehead atoms. The maximum atomic E-state index is 11.5. The van der Waals surface area contributed by atoms with E-state index in [4.69, 9.17) is 4.74 Å². The molecule has 252 valence electrons. The first-order chi connectivity index (χ1) is 21.3. The second kappa shape index (κ2) is 19.4. The second-order valence-corrected chi connectivity index (χ2v) is 11.0. The molecule has 0 unspecified atom stereocenters. The summed E-state index contributed by atoms with van der Waals surface area (Å²) in [5, 5.41) is 46.7. The molecule has 1 aliphatic rings. The maximum Gasteiger partial charge on any atom is 0.323 e. The van der Waals surface area contributed by atoms with Crippen LogP contribution in [-0.4, -0.2) is 173 Å². The SMILES string of the molecule is Cc1cccc(OCCCCN2CCN(CC(=O)O)CCN(CC(=O)O)CCN(CC(=O)O)CC2)c1N(CC(=O)O)CC(=O)O. The van der Waals surface area contributed by atoms with Gasteiger partial charge in [0.15, 0.2) is 0 Å². The summed E-state index contributed by atoms with van der Waals surface area (Å²) in [6.45, 7) is 4.31. The topological polar surface area (TPSA) is 212 Å². The number of benzene rings is 1. The van der Waals surface area contributed by atoms with Crippen LogP contribution in [0.4, 0.5) is 5.69 Å². The predicted molar refractivity (Wildman–Crippen MR) is 162 cm³/mol. The number of carbonyl (C=O) groups is 5. The molecule has 1 aromatic carbocycles. The minimum Gasteiger partial charge on any atom is -0.491 e. The van der Waals surface area contributed by atoms with E-state index in [0.29, 0.717) is 88.7 Å². The van der Waals surface area contributed by atoms with Crippen LogP contribution in [0.3, 0.4) is 0 Å². The van der Waals surface area contributed by atoms with Crippen molar-refractivity contribution in [1.29, 1.82) is 0 Å². The molecule has 0 aliphatic carbocycles. The number of anilines is 1. The van der Waals surface area contributed by atoms with Gasteiger partial charge < -0.3 is 40.1 Å². The van der Waals surface area contributed by atoms with E-state index in [1.165, 1.54) is 4.90 Å². The van der Waals surface area contributed by atoms with Gasteiger partial charge in [0.25, 0.3) is 0 Å². The van der Waals surface area contributed by atoms with Crippen LogP contribution in [-0.2, 0) is 24.0 Å². The molecule has 0 atom stereocenters. The van der Waals surface area contributed by atoms with Crippen LogP contribution >= 0.6 is 0 Å². The van der Waals surface area contributed by atoms with Crippen molar-refractivity contribution >= 4 is 35.5 Å². The molecule has 16 nitrogen and oxygen atoms in total. The zero-order valence-corrected chi connectivity index (χ0v) is 25.7. The number of hydrogen-bond acceptors (Lipinski definition) is 11. The molecule has 1 heterocycles. The molecule has 1 aliphatic heterocycles. The highest BCUT2D eigenvalue weighted by molar-refractivity contribution is 5.82. The first-order valence-electron chi connectivity index (χ1n) is 14.8. The number of para-hydroxylation sites is 1. The van der Waals surface area contributed by atoms with Crippen LogP contribution < -0.4 is 9.64 Å². The zero-order chi connectivity index (χ0) is 33.4. The largest absolute Gasteiger partial charge is 0.491 e. The van der Waals surface area contributed by atoms with Crippen LogP contribution in [0.5, 0.6) is 5.75 Å². The lowest BCUT2D eigenvalue weighted by atomic mass is 10.1. The molecule has 0 spiro atoms. The van der Waals surface area contributed by atoms with E-state index in [0.717, 1.165) is 0 Å². The molecule has 0 radical (unpaired) electrons. The number of rotatable bonds is 17. The second-order valence-electron chi connectivity index (χ2n) is 11.0. The van der Waals surface area contributed by atoms with E-state index in [1.54, 1.807) is 39.8 Å². The third-order valence-corrected chi connectivity index (χ3v) is 7.30. The number of nitrogens with zero attached hydrogens (tertiary/aromatic N) is 5. The van der Waals surface area contributed by atoms with Crippen molar-refractivity contribution in [3.8, 4) is 5.75 Å². The van der Waals surface area contributed by atoms with Gasteiger partial charge in [-0.15, -0.1) is 0 Å². The smallest absolute Gasteiger partial charge is 0.323 e. The van der Waals surface area contributed by atoms with Crippen LogP contribution in [0, 0.1) is 6.92 Å². The Bertz CT molecular complexity index is 1100. The molecule has 1 fully saturated rings. The van der Waals surface area contributed by atoms with Gasteiger partial charge in [0.05, 0.1) is 31.9 Å². The summed E-state index contributed by atoms with van der Waals surface area (Å²) in [5.74, 6) is -4.93. The van der Waals surface area contributed by atoms with E-state index in [9.17, 15) is 49.5 Å². The molecule has 0 amide bonds. The Morgan fingerprint density at radius 1 is 0.644 bits per heavy atom. The summed E-state index contributed by atoms with van der Waals surface area (Å²) in [5.41, 5.74) is 1.08. The molecule has 5 N–H and O–H groups in total. The minimum absolute atomic E-state index is 0.187.